The smallest absolute Gasteiger partial charge is 0.245 e. The quantitative estimate of drug-likeness (QED) is 0.879. The summed E-state index contributed by atoms with van der Waals surface area (Å²) in [6.07, 6.45) is 2.17. The summed E-state index contributed by atoms with van der Waals surface area (Å²) < 4.78 is 26.8. The maximum atomic E-state index is 12.2. The molecule has 0 spiro atoms. The van der Waals surface area contributed by atoms with Crippen LogP contribution in [0.25, 0.3) is 0 Å². The number of hydrogen-bond donors (Lipinski definition) is 1. The maximum absolute atomic E-state index is 12.2. The molecule has 0 aromatic heterocycles. The molecule has 1 aromatic rings. The van der Waals surface area contributed by atoms with Crippen LogP contribution in [0.1, 0.15) is 20.3 Å². The van der Waals surface area contributed by atoms with Crippen molar-refractivity contribution in [2.24, 2.45) is 5.10 Å². The normalized spacial score (nSPS) is 17.2. The largest absolute Gasteiger partial charge is 0.352 e. The summed E-state index contributed by atoms with van der Waals surface area (Å²) >= 11 is 3.15. The van der Waals surface area contributed by atoms with Crippen molar-refractivity contribution in [1.82, 2.24) is 9.73 Å². The van der Waals surface area contributed by atoms with Gasteiger partial charge in [0.1, 0.15) is 4.90 Å². The fourth-order valence-electron chi connectivity index (χ4n) is 1.79. The second kappa shape index (κ2) is 5.17. The van der Waals surface area contributed by atoms with E-state index < -0.39 is 21.6 Å². The third kappa shape index (κ3) is 2.85. The van der Waals surface area contributed by atoms with Gasteiger partial charge in [-0.25, -0.2) is 22.9 Å². The molecule has 108 valence electrons. The molecule has 2 amide bonds. The first-order chi connectivity index (χ1) is 9.24. The standard InChI is InChI=1S/C12H14BrN3O3S/c1-12(2)7-8-14-16(12)11(17)15-20(18,19)10-6-4-3-5-9(10)13/h3-6,8H,7H2,1-2H3,(H,15,17). The molecule has 0 atom stereocenters. The first-order valence-electron chi connectivity index (χ1n) is 5.88. The lowest BCUT2D eigenvalue weighted by Crippen LogP contribution is -2.47. The van der Waals surface area contributed by atoms with Gasteiger partial charge in [-0.05, 0) is 41.9 Å². The monoisotopic (exact) mass is 359 g/mol. The second-order valence-corrected chi connectivity index (χ2v) is 7.47. The van der Waals surface area contributed by atoms with Gasteiger partial charge in [0.25, 0.3) is 10.0 Å². The zero-order valence-corrected chi connectivity index (χ0v) is 13.4. The van der Waals surface area contributed by atoms with E-state index >= 15 is 0 Å². The van der Waals surface area contributed by atoms with E-state index in [2.05, 4.69) is 21.0 Å². The Morgan fingerprint density at radius 2 is 2.05 bits per heavy atom. The number of carbonyl (C=O) groups excluding carboxylic acids is 1. The topological polar surface area (TPSA) is 78.8 Å². The summed E-state index contributed by atoms with van der Waals surface area (Å²) in [6, 6.07) is 5.52. The van der Waals surface area contributed by atoms with Gasteiger partial charge in [0.2, 0.25) is 0 Å². The van der Waals surface area contributed by atoms with Gasteiger partial charge in [-0.15, -0.1) is 0 Å². The first kappa shape index (κ1) is 15.0. The van der Waals surface area contributed by atoms with Crippen LogP contribution >= 0.6 is 15.9 Å². The van der Waals surface area contributed by atoms with Crippen molar-refractivity contribution in [3.63, 3.8) is 0 Å². The molecule has 0 bridgehead atoms. The Labute approximate surface area is 126 Å². The van der Waals surface area contributed by atoms with Gasteiger partial charge in [-0.2, -0.15) is 5.10 Å². The van der Waals surface area contributed by atoms with Crippen molar-refractivity contribution in [3.05, 3.63) is 28.7 Å². The number of rotatable bonds is 2. The van der Waals surface area contributed by atoms with E-state index in [9.17, 15) is 13.2 Å². The molecule has 20 heavy (non-hydrogen) atoms. The van der Waals surface area contributed by atoms with Crippen molar-refractivity contribution >= 4 is 38.2 Å². The van der Waals surface area contributed by atoms with Crippen LogP contribution in [0.5, 0.6) is 0 Å². The number of nitrogens with one attached hydrogen (secondary N) is 1. The highest BCUT2D eigenvalue weighted by Gasteiger charge is 2.36. The Morgan fingerprint density at radius 1 is 1.40 bits per heavy atom. The highest BCUT2D eigenvalue weighted by molar-refractivity contribution is 9.10. The number of hydrazone groups is 1. The van der Waals surface area contributed by atoms with E-state index in [0.29, 0.717) is 10.9 Å². The highest BCUT2D eigenvalue weighted by atomic mass is 79.9. The lowest BCUT2D eigenvalue weighted by atomic mass is 10.0. The summed E-state index contributed by atoms with van der Waals surface area (Å²) in [5.41, 5.74) is -0.534. The van der Waals surface area contributed by atoms with Gasteiger partial charge in [0.05, 0.1) is 5.54 Å². The van der Waals surface area contributed by atoms with Crippen LogP contribution in [-0.4, -0.2) is 31.2 Å². The minimum absolute atomic E-state index is 0.00864. The predicted octanol–water partition coefficient (Wildman–Crippen LogP) is 2.32. The van der Waals surface area contributed by atoms with E-state index in [0.717, 1.165) is 5.01 Å². The van der Waals surface area contributed by atoms with Gasteiger partial charge in [-0.1, -0.05) is 12.1 Å². The van der Waals surface area contributed by atoms with E-state index in [-0.39, 0.29) is 4.90 Å². The lowest BCUT2D eigenvalue weighted by Gasteiger charge is -2.28. The van der Waals surface area contributed by atoms with Crippen LogP contribution in [0, 0.1) is 0 Å². The Bertz CT molecular complexity index is 670. The number of benzene rings is 1. The number of amides is 2. The molecule has 0 aliphatic carbocycles. The molecule has 0 saturated heterocycles. The minimum Gasteiger partial charge on any atom is -0.245 e. The average molecular weight is 360 g/mol. The number of nitrogens with zero attached hydrogens (tertiary/aromatic N) is 2. The Hall–Kier alpha value is -1.41. The van der Waals surface area contributed by atoms with Crippen molar-refractivity contribution in [2.45, 2.75) is 30.7 Å². The number of sulfonamides is 1. The molecule has 1 aliphatic rings. The molecule has 0 fully saturated rings. The van der Waals surface area contributed by atoms with Gasteiger partial charge in [-0.3, -0.25) is 0 Å². The van der Waals surface area contributed by atoms with E-state index in [1.54, 1.807) is 24.4 Å². The molecule has 8 heteroatoms. The molecular formula is C12H14BrN3O3S. The fraction of sp³-hybridized carbons (Fsp3) is 0.333. The van der Waals surface area contributed by atoms with Gasteiger partial charge < -0.3 is 0 Å². The van der Waals surface area contributed by atoms with Gasteiger partial charge >= 0.3 is 6.03 Å². The highest BCUT2D eigenvalue weighted by Crippen LogP contribution is 2.25. The number of halogens is 1. The third-order valence-corrected chi connectivity index (χ3v) is 5.23. The van der Waals surface area contributed by atoms with Crippen molar-refractivity contribution in [2.75, 3.05) is 0 Å². The third-order valence-electron chi connectivity index (χ3n) is 2.90. The molecule has 0 radical (unpaired) electrons. The van der Waals surface area contributed by atoms with E-state index in [1.807, 2.05) is 18.6 Å². The average Bonchev–Trinajstić information content (AvgIpc) is 2.68. The molecule has 1 aliphatic heterocycles. The molecule has 0 unspecified atom stereocenters. The summed E-state index contributed by atoms with van der Waals surface area (Å²) in [7, 11) is -3.94. The van der Waals surface area contributed by atoms with Crippen LogP contribution in [0.4, 0.5) is 4.79 Å². The fourth-order valence-corrected chi connectivity index (χ4v) is 3.72. The molecule has 1 N–H and O–H groups in total. The molecule has 1 aromatic carbocycles. The van der Waals surface area contributed by atoms with Crippen molar-refractivity contribution < 1.29 is 13.2 Å². The first-order valence-corrected chi connectivity index (χ1v) is 8.16. The van der Waals surface area contributed by atoms with Crippen LogP contribution in [0.15, 0.2) is 38.7 Å². The predicted molar refractivity (Wildman–Crippen MR) is 78.9 cm³/mol. The molecule has 2 rings (SSSR count). The van der Waals surface area contributed by atoms with Crippen molar-refractivity contribution in [1.29, 1.82) is 0 Å². The summed E-state index contributed by atoms with van der Waals surface area (Å²) in [6.45, 7) is 3.62. The Morgan fingerprint density at radius 3 is 2.60 bits per heavy atom. The van der Waals surface area contributed by atoms with E-state index in [4.69, 9.17) is 0 Å². The maximum Gasteiger partial charge on any atom is 0.352 e. The van der Waals surface area contributed by atoms with Crippen LogP contribution in [-0.2, 0) is 10.0 Å². The molecular weight excluding hydrogens is 346 g/mol. The summed E-state index contributed by atoms with van der Waals surface area (Å²) in [5.74, 6) is 0. The van der Waals surface area contributed by atoms with Gasteiger partial charge in [0, 0.05) is 17.1 Å². The second-order valence-electron chi connectivity index (χ2n) is 4.97. The summed E-state index contributed by atoms with van der Waals surface area (Å²) in [5, 5.41) is 5.05. The molecule has 0 saturated carbocycles. The molecule has 6 nitrogen and oxygen atoms in total. The van der Waals surface area contributed by atoms with Crippen LogP contribution in [0.3, 0.4) is 0 Å². The van der Waals surface area contributed by atoms with E-state index in [1.165, 1.54) is 6.07 Å². The number of hydrogen-bond acceptors (Lipinski definition) is 4. The van der Waals surface area contributed by atoms with Gasteiger partial charge in [0.15, 0.2) is 0 Å². The number of urea groups is 1. The molecule has 1 heterocycles. The Kier molecular flexibility index (Phi) is 3.88. The SMILES string of the molecule is CC1(C)CC=NN1C(=O)NS(=O)(=O)c1ccccc1Br. The summed E-state index contributed by atoms with van der Waals surface area (Å²) in [4.78, 5) is 12.1. The zero-order valence-electron chi connectivity index (χ0n) is 11.0. The van der Waals surface area contributed by atoms with Crippen LogP contribution in [0.2, 0.25) is 0 Å². The Balaban J connectivity index is 2.24. The lowest BCUT2D eigenvalue weighted by molar-refractivity contribution is 0.159. The zero-order chi connectivity index (χ0) is 15.0. The minimum atomic E-state index is -3.94. The number of carbonyl (C=O) groups is 1. The van der Waals surface area contributed by atoms with Crippen molar-refractivity contribution in [3.8, 4) is 0 Å². The van der Waals surface area contributed by atoms with Crippen LogP contribution < -0.4 is 4.72 Å².